The molecule has 0 saturated carbocycles. The Labute approximate surface area is 102 Å². The third-order valence-electron chi connectivity index (χ3n) is 3.06. The Hall–Kier alpha value is -1.07. The van der Waals surface area contributed by atoms with E-state index in [0.29, 0.717) is 12.1 Å². The maximum atomic E-state index is 11.7. The lowest BCUT2D eigenvalue weighted by Crippen LogP contribution is -2.17. The molecule has 17 heavy (non-hydrogen) atoms. The van der Waals surface area contributed by atoms with Crippen LogP contribution in [0.5, 0.6) is 0 Å². The molecule has 0 fully saturated rings. The van der Waals surface area contributed by atoms with Gasteiger partial charge in [0.2, 0.25) is 10.0 Å². The molecule has 0 aliphatic heterocycles. The molecule has 0 saturated heterocycles. The first kappa shape index (κ1) is 12.4. The molecule has 0 aromatic heterocycles. The van der Waals surface area contributed by atoms with Crippen LogP contribution in [0, 0.1) is 0 Å². The molecule has 94 valence electrons. The van der Waals surface area contributed by atoms with E-state index >= 15 is 0 Å². The molecule has 0 spiro atoms. The zero-order valence-corrected chi connectivity index (χ0v) is 10.8. The minimum Gasteiger partial charge on any atom is -0.324 e. The number of anilines is 1. The number of nitrogens with two attached hydrogens (primary N) is 1. The summed E-state index contributed by atoms with van der Waals surface area (Å²) >= 11 is 0. The highest BCUT2D eigenvalue weighted by Crippen LogP contribution is 2.34. The Morgan fingerprint density at radius 1 is 1.47 bits per heavy atom. The zero-order valence-electron chi connectivity index (χ0n) is 9.94. The smallest absolute Gasteiger partial charge is 0.232 e. The average molecular weight is 254 g/mol. The van der Waals surface area contributed by atoms with Crippen molar-refractivity contribution in [3.63, 3.8) is 0 Å². The minimum atomic E-state index is -3.21. The van der Waals surface area contributed by atoms with Crippen molar-refractivity contribution in [3.05, 3.63) is 29.3 Å². The first-order valence-corrected chi connectivity index (χ1v) is 7.56. The van der Waals surface area contributed by atoms with Crippen LogP contribution in [-0.4, -0.2) is 14.2 Å². The second-order valence-electron chi connectivity index (χ2n) is 4.44. The van der Waals surface area contributed by atoms with Crippen molar-refractivity contribution in [2.24, 2.45) is 5.73 Å². The van der Waals surface area contributed by atoms with Gasteiger partial charge in [0.1, 0.15) is 0 Å². The number of benzene rings is 1. The largest absolute Gasteiger partial charge is 0.324 e. The Morgan fingerprint density at radius 2 is 2.24 bits per heavy atom. The van der Waals surface area contributed by atoms with Gasteiger partial charge in [0.25, 0.3) is 0 Å². The predicted octanol–water partition coefficient (Wildman–Crippen LogP) is 1.78. The standard InChI is InChI=1S/C12H18N2O2S/c1-2-8-17(15,16)14-12-5-3-4-9-10(12)6-7-11(9)13/h3-5,11,14H,2,6-8,13H2,1H3. The number of hydrogen-bond donors (Lipinski definition) is 2. The predicted molar refractivity (Wildman–Crippen MR) is 69.4 cm³/mol. The summed E-state index contributed by atoms with van der Waals surface area (Å²) in [6, 6.07) is 5.68. The first-order valence-electron chi connectivity index (χ1n) is 5.91. The molecule has 1 aromatic carbocycles. The van der Waals surface area contributed by atoms with E-state index in [4.69, 9.17) is 5.73 Å². The van der Waals surface area contributed by atoms with Gasteiger partial charge in [-0.05, 0) is 36.5 Å². The molecule has 1 aliphatic carbocycles. The van der Waals surface area contributed by atoms with Crippen molar-refractivity contribution in [2.75, 3.05) is 10.5 Å². The van der Waals surface area contributed by atoms with E-state index < -0.39 is 10.0 Å². The van der Waals surface area contributed by atoms with Crippen molar-refractivity contribution < 1.29 is 8.42 Å². The number of nitrogens with one attached hydrogen (secondary N) is 1. The molecular formula is C12H18N2O2S. The van der Waals surface area contributed by atoms with Crippen molar-refractivity contribution >= 4 is 15.7 Å². The number of sulfonamides is 1. The molecular weight excluding hydrogens is 236 g/mol. The zero-order chi connectivity index (χ0) is 12.5. The molecule has 1 aliphatic rings. The van der Waals surface area contributed by atoms with Crippen LogP contribution in [0.1, 0.15) is 36.9 Å². The Bertz CT molecular complexity index is 511. The topological polar surface area (TPSA) is 72.2 Å². The molecule has 0 radical (unpaired) electrons. The van der Waals surface area contributed by atoms with Crippen LogP contribution in [0.4, 0.5) is 5.69 Å². The first-order chi connectivity index (χ1) is 8.03. The fourth-order valence-corrected chi connectivity index (χ4v) is 3.44. The molecule has 1 unspecified atom stereocenters. The second-order valence-corrected chi connectivity index (χ2v) is 6.28. The highest BCUT2D eigenvalue weighted by atomic mass is 32.2. The van der Waals surface area contributed by atoms with Gasteiger partial charge in [-0.1, -0.05) is 19.1 Å². The molecule has 3 N–H and O–H groups in total. The van der Waals surface area contributed by atoms with Crippen molar-refractivity contribution in [3.8, 4) is 0 Å². The van der Waals surface area contributed by atoms with Gasteiger partial charge in [-0.3, -0.25) is 4.72 Å². The van der Waals surface area contributed by atoms with E-state index in [1.807, 2.05) is 25.1 Å². The molecule has 4 nitrogen and oxygen atoms in total. The lowest BCUT2D eigenvalue weighted by Gasteiger charge is -2.12. The van der Waals surface area contributed by atoms with Gasteiger partial charge in [-0.25, -0.2) is 8.42 Å². The van der Waals surface area contributed by atoms with E-state index in [9.17, 15) is 8.42 Å². The van der Waals surface area contributed by atoms with Gasteiger partial charge in [-0.15, -0.1) is 0 Å². The van der Waals surface area contributed by atoms with Crippen LogP contribution >= 0.6 is 0 Å². The van der Waals surface area contributed by atoms with Crippen molar-refractivity contribution in [1.29, 1.82) is 0 Å². The second kappa shape index (κ2) is 4.66. The van der Waals surface area contributed by atoms with Crippen LogP contribution in [0.25, 0.3) is 0 Å². The number of hydrogen-bond acceptors (Lipinski definition) is 3. The molecule has 1 atom stereocenters. The summed E-state index contributed by atoms with van der Waals surface area (Å²) in [6.07, 6.45) is 2.35. The van der Waals surface area contributed by atoms with E-state index in [-0.39, 0.29) is 11.8 Å². The number of rotatable bonds is 4. The summed E-state index contributed by atoms with van der Waals surface area (Å²) in [4.78, 5) is 0. The summed E-state index contributed by atoms with van der Waals surface area (Å²) < 4.78 is 26.1. The van der Waals surface area contributed by atoms with E-state index in [1.165, 1.54) is 0 Å². The fourth-order valence-electron chi connectivity index (χ4n) is 2.27. The van der Waals surface area contributed by atoms with Crippen LogP contribution in [-0.2, 0) is 16.4 Å². The van der Waals surface area contributed by atoms with Gasteiger partial charge in [-0.2, -0.15) is 0 Å². The van der Waals surface area contributed by atoms with Gasteiger partial charge >= 0.3 is 0 Å². The SMILES string of the molecule is CCCS(=O)(=O)Nc1cccc2c1CCC2N. The molecule has 1 aromatic rings. The molecule has 0 amide bonds. The quantitative estimate of drug-likeness (QED) is 0.860. The summed E-state index contributed by atoms with van der Waals surface area (Å²) in [6.45, 7) is 1.85. The average Bonchev–Trinajstić information content (AvgIpc) is 2.61. The Balaban J connectivity index is 2.30. The number of fused-ring (bicyclic) bond motifs is 1. The summed E-state index contributed by atoms with van der Waals surface area (Å²) in [5.41, 5.74) is 8.78. The van der Waals surface area contributed by atoms with Crippen molar-refractivity contribution in [1.82, 2.24) is 0 Å². The lowest BCUT2D eigenvalue weighted by molar-refractivity contribution is 0.600. The maximum Gasteiger partial charge on any atom is 0.232 e. The van der Waals surface area contributed by atoms with Crippen LogP contribution in [0.15, 0.2) is 18.2 Å². The third-order valence-corrected chi connectivity index (χ3v) is 4.53. The monoisotopic (exact) mass is 254 g/mol. The lowest BCUT2D eigenvalue weighted by atomic mass is 10.1. The molecule has 5 heteroatoms. The highest BCUT2D eigenvalue weighted by Gasteiger charge is 2.22. The summed E-state index contributed by atoms with van der Waals surface area (Å²) in [5, 5.41) is 0. The van der Waals surface area contributed by atoms with Crippen LogP contribution in [0.3, 0.4) is 0 Å². The van der Waals surface area contributed by atoms with E-state index in [2.05, 4.69) is 4.72 Å². The van der Waals surface area contributed by atoms with E-state index in [0.717, 1.165) is 24.0 Å². The van der Waals surface area contributed by atoms with Gasteiger partial charge in [0.05, 0.1) is 11.4 Å². The third kappa shape index (κ3) is 2.61. The Kier molecular flexibility index (Phi) is 3.40. The van der Waals surface area contributed by atoms with E-state index in [1.54, 1.807) is 0 Å². The highest BCUT2D eigenvalue weighted by molar-refractivity contribution is 7.92. The van der Waals surface area contributed by atoms with Crippen LogP contribution < -0.4 is 10.5 Å². The Morgan fingerprint density at radius 3 is 2.94 bits per heavy atom. The maximum absolute atomic E-state index is 11.7. The van der Waals surface area contributed by atoms with Gasteiger partial charge in [0.15, 0.2) is 0 Å². The van der Waals surface area contributed by atoms with Gasteiger partial charge in [0, 0.05) is 6.04 Å². The van der Waals surface area contributed by atoms with Crippen LogP contribution in [0.2, 0.25) is 0 Å². The molecule has 2 rings (SSSR count). The molecule has 0 bridgehead atoms. The van der Waals surface area contributed by atoms with Gasteiger partial charge < -0.3 is 5.73 Å². The molecule has 0 heterocycles. The summed E-state index contributed by atoms with van der Waals surface area (Å²) in [5.74, 6) is 0.155. The normalized spacial score (nSPS) is 19.1. The fraction of sp³-hybridized carbons (Fsp3) is 0.500. The summed E-state index contributed by atoms with van der Waals surface area (Å²) in [7, 11) is -3.21. The minimum absolute atomic E-state index is 0.0422. The van der Waals surface area contributed by atoms with Crippen molar-refractivity contribution in [2.45, 2.75) is 32.2 Å².